The van der Waals surface area contributed by atoms with Crippen LogP contribution in [0.1, 0.15) is 23.9 Å². The minimum absolute atomic E-state index is 0.175. The number of anilines is 1. The first-order valence-corrected chi connectivity index (χ1v) is 6.89. The van der Waals surface area contributed by atoms with Crippen LogP contribution in [0.4, 0.5) is 5.95 Å². The van der Waals surface area contributed by atoms with Gasteiger partial charge in [0.2, 0.25) is 5.95 Å². The average Bonchev–Trinajstić information content (AvgIpc) is 3.07. The molecule has 8 heteroatoms. The van der Waals surface area contributed by atoms with Gasteiger partial charge in [-0.2, -0.15) is 14.6 Å². The van der Waals surface area contributed by atoms with Crippen molar-refractivity contribution in [2.45, 2.75) is 31.2 Å². The van der Waals surface area contributed by atoms with Gasteiger partial charge in [-0.3, -0.25) is 0 Å². The SMILES string of the molecule is C#C[C@]1(O)C[C@H](c2cnn3c(NC)nc(C)nc23)O[C@@H]1CO. The second-order valence-electron chi connectivity index (χ2n) is 5.25. The molecule has 2 aromatic heterocycles. The van der Waals surface area contributed by atoms with Crippen molar-refractivity contribution in [3.05, 3.63) is 17.6 Å². The second-order valence-corrected chi connectivity index (χ2v) is 5.25. The molecule has 3 rings (SSSR count). The van der Waals surface area contributed by atoms with Crippen LogP contribution in [0.2, 0.25) is 0 Å². The number of ether oxygens (including phenoxy) is 1. The highest BCUT2D eigenvalue weighted by Crippen LogP contribution is 2.40. The van der Waals surface area contributed by atoms with Crippen LogP contribution in [0.15, 0.2) is 6.20 Å². The molecule has 3 heterocycles. The summed E-state index contributed by atoms with van der Waals surface area (Å²) in [6.45, 7) is 1.42. The molecule has 1 saturated heterocycles. The molecule has 3 N–H and O–H groups in total. The molecule has 0 spiro atoms. The largest absolute Gasteiger partial charge is 0.394 e. The molecule has 0 amide bonds. The van der Waals surface area contributed by atoms with Crippen LogP contribution in [0.3, 0.4) is 0 Å². The Bertz CT molecular complexity index is 753. The summed E-state index contributed by atoms with van der Waals surface area (Å²) in [6, 6.07) is 0. The first-order chi connectivity index (χ1) is 10.5. The van der Waals surface area contributed by atoms with Crippen LogP contribution in [0, 0.1) is 19.3 Å². The Balaban J connectivity index is 2.05. The van der Waals surface area contributed by atoms with Crippen molar-refractivity contribution in [1.82, 2.24) is 19.6 Å². The van der Waals surface area contributed by atoms with Crippen LogP contribution >= 0.6 is 0 Å². The van der Waals surface area contributed by atoms with E-state index in [0.29, 0.717) is 23.0 Å². The molecule has 8 nitrogen and oxygen atoms in total. The molecule has 0 radical (unpaired) electrons. The predicted octanol–water partition coefficient (Wildman–Crippen LogP) is -0.339. The lowest BCUT2D eigenvalue weighted by atomic mass is 9.93. The summed E-state index contributed by atoms with van der Waals surface area (Å²) in [4.78, 5) is 8.64. The summed E-state index contributed by atoms with van der Waals surface area (Å²) in [6.07, 6.45) is 5.86. The third-order valence-electron chi connectivity index (χ3n) is 3.85. The molecule has 3 atom stereocenters. The maximum atomic E-state index is 10.4. The van der Waals surface area contributed by atoms with Crippen molar-refractivity contribution in [1.29, 1.82) is 0 Å². The standard InChI is InChI=1S/C14H17N5O3/c1-4-14(21)5-10(22-11(14)7-20)9-6-16-19-12(9)17-8(2)18-13(19)15-3/h1,6,10-11,20-21H,5,7H2,2-3H3,(H,15,17,18)/t10-,11-,14+/m1/s1. The molecular formula is C14H17N5O3. The van der Waals surface area contributed by atoms with E-state index in [-0.39, 0.29) is 13.0 Å². The molecule has 0 aromatic carbocycles. The molecule has 1 aliphatic rings. The van der Waals surface area contributed by atoms with Crippen LogP contribution < -0.4 is 5.32 Å². The lowest BCUT2D eigenvalue weighted by molar-refractivity contribution is -0.0458. The third-order valence-corrected chi connectivity index (χ3v) is 3.85. The summed E-state index contributed by atoms with van der Waals surface area (Å²) in [5.41, 5.74) is -0.215. The van der Waals surface area contributed by atoms with Gasteiger partial charge in [0, 0.05) is 19.0 Å². The minimum atomic E-state index is -1.50. The van der Waals surface area contributed by atoms with E-state index in [1.54, 1.807) is 24.7 Å². The van der Waals surface area contributed by atoms with Gasteiger partial charge in [-0.25, -0.2) is 4.98 Å². The van der Waals surface area contributed by atoms with Crippen LogP contribution in [-0.4, -0.2) is 55.2 Å². The highest BCUT2D eigenvalue weighted by atomic mass is 16.5. The quantitative estimate of drug-likeness (QED) is 0.666. The van der Waals surface area contributed by atoms with Gasteiger partial charge in [-0.1, -0.05) is 5.92 Å². The number of aliphatic hydroxyl groups excluding tert-OH is 1. The second kappa shape index (κ2) is 5.21. The lowest BCUT2D eigenvalue weighted by Crippen LogP contribution is -2.38. The number of nitrogens with zero attached hydrogens (tertiary/aromatic N) is 4. The first kappa shape index (κ1) is 14.7. The van der Waals surface area contributed by atoms with Gasteiger partial charge in [0.1, 0.15) is 11.9 Å². The number of hydrogen-bond donors (Lipinski definition) is 3. The Labute approximate surface area is 127 Å². The molecule has 1 aliphatic heterocycles. The summed E-state index contributed by atoms with van der Waals surface area (Å²) in [5, 5.41) is 26.9. The molecule has 22 heavy (non-hydrogen) atoms. The van der Waals surface area contributed by atoms with Gasteiger partial charge < -0.3 is 20.3 Å². The Morgan fingerprint density at radius 3 is 2.95 bits per heavy atom. The summed E-state index contributed by atoms with van der Waals surface area (Å²) >= 11 is 0. The average molecular weight is 303 g/mol. The number of fused-ring (bicyclic) bond motifs is 1. The van der Waals surface area contributed by atoms with E-state index in [9.17, 15) is 10.2 Å². The summed E-state index contributed by atoms with van der Waals surface area (Å²) in [7, 11) is 1.74. The van der Waals surface area contributed by atoms with Crippen LogP contribution in [0.25, 0.3) is 5.65 Å². The predicted molar refractivity (Wildman–Crippen MR) is 78.2 cm³/mol. The number of aromatic nitrogens is 4. The molecule has 2 aromatic rings. The topological polar surface area (TPSA) is 105 Å². The lowest BCUT2D eigenvalue weighted by Gasteiger charge is -2.19. The van der Waals surface area contributed by atoms with Crippen molar-refractivity contribution < 1.29 is 14.9 Å². The zero-order valence-electron chi connectivity index (χ0n) is 12.3. The van der Waals surface area contributed by atoms with Gasteiger partial charge in [0.05, 0.1) is 18.9 Å². The van der Waals surface area contributed by atoms with E-state index in [4.69, 9.17) is 11.2 Å². The van der Waals surface area contributed by atoms with Crippen molar-refractivity contribution >= 4 is 11.6 Å². The Morgan fingerprint density at radius 2 is 2.36 bits per heavy atom. The van der Waals surface area contributed by atoms with E-state index >= 15 is 0 Å². The minimum Gasteiger partial charge on any atom is -0.394 e. The molecule has 0 aliphatic carbocycles. The van der Waals surface area contributed by atoms with Crippen molar-refractivity contribution in [3.63, 3.8) is 0 Å². The molecule has 0 unspecified atom stereocenters. The number of aryl methyl sites for hydroxylation is 1. The van der Waals surface area contributed by atoms with Gasteiger partial charge in [-0.15, -0.1) is 6.42 Å². The maximum absolute atomic E-state index is 10.4. The molecule has 116 valence electrons. The van der Waals surface area contributed by atoms with Crippen molar-refractivity contribution in [2.24, 2.45) is 0 Å². The molecular weight excluding hydrogens is 286 g/mol. The summed E-state index contributed by atoms with van der Waals surface area (Å²) in [5.74, 6) is 3.45. The van der Waals surface area contributed by atoms with Crippen molar-refractivity contribution in [2.75, 3.05) is 19.0 Å². The van der Waals surface area contributed by atoms with Crippen LogP contribution in [-0.2, 0) is 4.74 Å². The fraction of sp³-hybridized carbons (Fsp3) is 0.500. The molecule has 0 saturated carbocycles. The Hall–Kier alpha value is -2.21. The zero-order chi connectivity index (χ0) is 15.9. The highest BCUT2D eigenvalue weighted by molar-refractivity contribution is 5.52. The van der Waals surface area contributed by atoms with E-state index < -0.39 is 17.8 Å². The van der Waals surface area contributed by atoms with Gasteiger partial charge in [0.25, 0.3) is 0 Å². The van der Waals surface area contributed by atoms with Gasteiger partial charge in [-0.05, 0) is 6.92 Å². The van der Waals surface area contributed by atoms with Gasteiger partial charge in [0.15, 0.2) is 11.2 Å². The normalized spacial score (nSPS) is 28.0. The van der Waals surface area contributed by atoms with E-state index in [0.717, 1.165) is 0 Å². The number of hydrogen-bond acceptors (Lipinski definition) is 7. The zero-order valence-corrected chi connectivity index (χ0v) is 12.3. The number of terminal acetylenes is 1. The number of rotatable bonds is 3. The molecule has 0 bridgehead atoms. The Kier molecular flexibility index (Phi) is 3.48. The van der Waals surface area contributed by atoms with Crippen LogP contribution in [0.5, 0.6) is 0 Å². The Morgan fingerprint density at radius 1 is 1.59 bits per heavy atom. The number of nitrogens with one attached hydrogen (secondary N) is 1. The van der Waals surface area contributed by atoms with Gasteiger partial charge >= 0.3 is 0 Å². The van der Waals surface area contributed by atoms with E-state index in [2.05, 4.69) is 26.3 Å². The highest BCUT2D eigenvalue weighted by Gasteiger charge is 2.47. The summed E-state index contributed by atoms with van der Waals surface area (Å²) < 4.78 is 7.27. The molecule has 1 fully saturated rings. The fourth-order valence-corrected chi connectivity index (χ4v) is 2.69. The smallest absolute Gasteiger partial charge is 0.227 e. The monoisotopic (exact) mass is 303 g/mol. The van der Waals surface area contributed by atoms with E-state index in [1.165, 1.54) is 0 Å². The van der Waals surface area contributed by atoms with Crippen molar-refractivity contribution in [3.8, 4) is 12.3 Å². The third kappa shape index (κ3) is 2.11. The first-order valence-electron chi connectivity index (χ1n) is 6.89. The van der Waals surface area contributed by atoms with E-state index in [1.807, 2.05) is 0 Å². The fourth-order valence-electron chi connectivity index (χ4n) is 2.69. The number of aliphatic hydroxyl groups is 2. The maximum Gasteiger partial charge on any atom is 0.227 e.